The number of nitrogens with one attached hydrogen (secondary N) is 1. The van der Waals surface area contributed by atoms with Crippen molar-refractivity contribution in [3.05, 3.63) is 0 Å². The predicted octanol–water partition coefficient (Wildman–Crippen LogP) is 2.58. The second-order valence-corrected chi connectivity index (χ2v) is 3.72. The van der Waals surface area contributed by atoms with Crippen LogP contribution in [0.1, 0.15) is 47.0 Å². The van der Waals surface area contributed by atoms with Crippen molar-refractivity contribution < 1.29 is 4.74 Å². The van der Waals surface area contributed by atoms with E-state index in [9.17, 15) is 0 Å². The molecule has 0 aliphatic carbocycles. The molecule has 13 heavy (non-hydrogen) atoms. The van der Waals surface area contributed by atoms with Crippen molar-refractivity contribution in [3.8, 4) is 0 Å². The molecular weight excluding hydrogens is 162 g/mol. The van der Waals surface area contributed by atoms with Crippen molar-refractivity contribution >= 4 is 0 Å². The molecule has 1 N–H and O–H groups in total. The highest BCUT2D eigenvalue weighted by Gasteiger charge is 2.03. The summed E-state index contributed by atoms with van der Waals surface area (Å²) in [5.41, 5.74) is 0. The summed E-state index contributed by atoms with van der Waals surface area (Å²) in [5, 5.41) is 3.46. The van der Waals surface area contributed by atoms with Crippen LogP contribution >= 0.6 is 0 Å². The van der Waals surface area contributed by atoms with E-state index >= 15 is 0 Å². The van der Waals surface area contributed by atoms with Gasteiger partial charge in [-0.15, -0.1) is 0 Å². The van der Waals surface area contributed by atoms with Crippen molar-refractivity contribution in [2.24, 2.45) is 0 Å². The number of hydrogen-bond donors (Lipinski definition) is 1. The van der Waals surface area contributed by atoms with Gasteiger partial charge in [0.2, 0.25) is 0 Å². The van der Waals surface area contributed by atoms with E-state index in [0.717, 1.165) is 13.2 Å². The van der Waals surface area contributed by atoms with E-state index in [-0.39, 0.29) is 0 Å². The third kappa shape index (κ3) is 8.26. The van der Waals surface area contributed by atoms with E-state index in [2.05, 4.69) is 33.0 Å². The summed E-state index contributed by atoms with van der Waals surface area (Å²) in [4.78, 5) is 0. The zero-order valence-electron chi connectivity index (χ0n) is 9.60. The van der Waals surface area contributed by atoms with Gasteiger partial charge in [-0.3, -0.25) is 0 Å². The molecule has 0 radical (unpaired) electrons. The molecule has 0 aliphatic rings. The highest BCUT2D eigenvalue weighted by atomic mass is 16.5. The molecular formula is C11H25NO. The minimum atomic E-state index is 0.374. The van der Waals surface area contributed by atoms with E-state index in [0.29, 0.717) is 12.1 Å². The fourth-order valence-corrected chi connectivity index (χ4v) is 1.39. The van der Waals surface area contributed by atoms with Crippen LogP contribution in [0, 0.1) is 0 Å². The van der Waals surface area contributed by atoms with Crippen molar-refractivity contribution in [1.29, 1.82) is 0 Å². The normalized spacial score (nSPS) is 13.6. The maximum absolute atomic E-state index is 5.49. The molecule has 2 heteroatoms. The van der Waals surface area contributed by atoms with Crippen LogP contribution in [0.3, 0.4) is 0 Å². The smallest absolute Gasteiger partial charge is 0.0518 e. The third-order valence-electron chi connectivity index (χ3n) is 2.13. The molecule has 0 saturated heterocycles. The Hall–Kier alpha value is -0.0800. The van der Waals surface area contributed by atoms with Crippen molar-refractivity contribution in [3.63, 3.8) is 0 Å². The zero-order valence-corrected chi connectivity index (χ0v) is 9.60. The quantitative estimate of drug-likeness (QED) is 0.590. The second kappa shape index (κ2) is 8.52. The van der Waals surface area contributed by atoms with Gasteiger partial charge in [0.1, 0.15) is 0 Å². The average Bonchev–Trinajstić information content (AvgIpc) is 2.10. The van der Waals surface area contributed by atoms with Crippen molar-refractivity contribution in [2.45, 2.75) is 59.1 Å². The minimum Gasteiger partial charge on any atom is -0.379 e. The highest BCUT2D eigenvalue weighted by Crippen LogP contribution is 2.02. The Labute approximate surface area is 83.1 Å². The van der Waals surface area contributed by atoms with Crippen LogP contribution in [0.25, 0.3) is 0 Å². The molecule has 0 fully saturated rings. The van der Waals surface area contributed by atoms with Crippen LogP contribution in [-0.4, -0.2) is 25.3 Å². The van der Waals surface area contributed by atoms with Crippen molar-refractivity contribution in [2.75, 3.05) is 13.2 Å². The highest BCUT2D eigenvalue weighted by molar-refractivity contribution is 4.63. The molecule has 0 aliphatic heterocycles. The van der Waals surface area contributed by atoms with Gasteiger partial charge in [-0.25, -0.2) is 0 Å². The lowest BCUT2D eigenvalue weighted by Gasteiger charge is -2.15. The molecule has 2 nitrogen and oxygen atoms in total. The van der Waals surface area contributed by atoms with Crippen LogP contribution < -0.4 is 5.32 Å². The average molecular weight is 187 g/mol. The van der Waals surface area contributed by atoms with Crippen LogP contribution in [0.4, 0.5) is 0 Å². The van der Waals surface area contributed by atoms with Crippen LogP contribution in [0.5, 0.6) is 0 Å². The molecule has 0 rings (SSSR count). The fraction of sp³-hybridized carbons (Fsp3) is 1.00. The first kappa shape index (κ1) is 12.9. The minimum absolute atomic E-state index is 0.374. The van der Waals surface area contributed by atoms with Crippen LogP contribution in [0.2, 0.25) is 0 Å². The van der Waals surface area contributed by atoms with Crippen LogP contribution in [0.15, 0.2) is 0 Å². The largest absolute Gasteiger partial charge is 0.379 e. The molecule has 1 atom stereocenters. The maximum atomic E-state index is 5.49. The molecule has 0 amide bonds. The molecule has 0 aromatic heterocycles. The van der Waals surface area contributed by atoms with Crippen molar-refractivity contribution in [1.82, 2.24) is 5.32 Å². The molecule has 0 aromatic carbocycles. The van der Waals surface area contributed by atoms with E-state index < -0.39 is 0 Å². The molecule has 0 heterocycles. The lowest BCUT2D eigenvalue weighted by Crippen LogP contribution is -2.28. The summed E-state index contributed by atoms with van der Waals surface area (Å²) in [6.45, 7) is 10.5. The Morgan fingerprint density at radius 1 is 1.23 bits per heavy atom. The molecule has 0 spiro atoms. The molecule has 0 saturated carbocycles. The predicted molar refractivity (Wildman–Crippen MR) is 58.1 cm³/mol. The molecule has 80 valence electrons. The summed E-state index contributed by atoms with van der Waals surface area (Å²) in [7, 11) is 0. The van der Waals surface area contributed by atoms with Gasteiger partial charge in [0, 0.05) is 12.6 Å². The Kier molecular flexibility index (Phi) is 8.46. The number of hydrogen-bond acceptors (Lipinski definition) is 2. The van der Waals surface area contributed by atoms with E-state index in [1.54, 1.807) is 0 Å². The van der Waals surface area contributed by atoms with Gasteiger partial charge in [-0.2, -0.15) is 0 Å². The Morgan fingerprint density at radius 3 is 2.38 bits per heavy atom. The molecule has 0 bridgehead atoms. The summed E-state index contributed by atoms with van der Waals surface area (Å²) >= 11 is 0. The first-order valence-electron chi connectivity index (χ1n) is 5.55. The maximum Gasteiger partial charge on any atom is 0.0518 e. The summed E-state index contributed by atoms with van der Waals surface area (Å²) in [6, 6.07) is 0.681. The van der Waals surface area contributed by atoms with Gasteiger partial charge in [0.25, 0.3) is 0 Å². The second-order valence-electron chi connectivity index (χ2n) is 3.72. The Bertz CT molecular complexity index is 104. The van der Waals surface area contributed by atoms with Gasteiger partial charge >= 0.3 is 0 Å². The SMILES string of the molecule is CCNC(CC)CCCOC(C)C. The molecule has 0 aromatic rings. The third-order valence-corrected chi connectivity index (χ3v) is 2.13. The lowest BCUT2D eigenvalue weighted by atomic mass is 10.1. The van der Waals surface area contributed by atoms with Gasteiger partial charge in [-0.1, -0.05) is 13.8 Å². The summed E-state index contributed by atoms with van der Waals surface area (Å²) in [6.07, 6.45) is 4.00. The number of ether oxygens (including phenoxy) is 1. The summed E-state index contributed by atoms with van der Waals surface area (Å²) < 4.78 is 5.49. The summed E-state index contributed by atoms with van der Waals surface area (Å²) in [5.74, 6) is 0. The Balaban J connectivity index is 3.27. The fourth-order valence-electron chi connectivity index (χ4n) is 1.39. The van der Waals surface area contributed by atoms with E-state index in [1.807, 2.05) is 0 Å². The monoisotopic (exact) mass is 187 g/mol. The van der Waals surface area contributed by atoms with Crippen LogP contribution in [-0.2, 0) is 4.74 Å². The topological polar surface area (TPSA) is 21.3 Å². The van der Waals surface area contributed by atoms with Gasteiger partial charge < -0.3 is 10.1 Å². The first-order chi connectivity index (χ1) is 6.20. The van der Waals surface area contributed by atoms with Gasteiger partial charge in [0.15, 0.2) is 0 Å². The zero-order chi connectivity index (χ0) is 10.1. The molecule has 1 unspecified atom stereocenters. The van der Waals surface area contributed by atoms with E-state index in [4.69, 9.17) is 4.74 Å². The Morgan fingerprint density at radius 2 is 1.92 bits per heavy atom. The van der Waals surface area contributed by atoms with E-state index in [1.165, 1.54) is 19.3 Å². The standard InChI is InChI=1S/C11H25NO/c1-5-11(12-6-2)8-7-9-13-10(3)4/h10-12H,5-9H2,1-4H3. The first-order valence-corrected chi connectivity index (χ1v) is 5.55. The van der Waals surface area contributed by atoms with Gasteiger partial charge in [-0.05, 0) is 39.7 Å². The van der Waals surface area contributed by atoms with Gasteiger partial charge in [0.05, 0.1) is 6.10 Å². The lowest BCUT2D eigenvalue weighted by molar-refractivity contribution is 0.0744. The number of rotatable bonds is 8.